The number of rotatable bonds is 1. The summed E-state index contributed by atoms with van der Waals surface area (Å²) in [6.07, 6.45) is 0. The molecule has 2 nitrogen and oxygen atoms in total. The second-order valence-electron chi connectivity index (χ2n) is 4.12. The number of hydrogen-bond donors (Lipinski definition) is 1. The average Bonchev–Trinajstić information content (AvgIpc) is 2.68. The molecule has 0 unspecified atom stereocenters. The van der Waals surface area contributed by atoms with Crippen molar-refractivity contribution in [2.75, 3.05) is 0 Å². The molecule has 2 heteroatoms. The Morgan fingerprint density at radius 1 is 1.18 bits per heavy atom. The first-order valence-electron chi connectivity index (χ1n) is 5.50. The van der Waals surface area contributed by atoms with E-state index in [1.54, 1.807) is 12.1 Å². The zero-order valence-corrected chi connectivity index (χ0v) is 9.51. The molecule has 2 aromatic carbocycles. The lowest BCUT2D eigenvalue weighted by Gasteiger charge is -2.04. The van der Waals surface area contributed by atoms with E-state index in [1.807, 2.05) is 37.4 Å². The van der Waals surface area contributed by atoms with Crippen LogP contribution in [0.2, 0.25) is 0 Å². The SMILES string of the molecule is Cn1c(-c2cccc(O)c2)cc2c[c]ccc21. The summed E-state index contributed by atoms with van der Waals surface area (Å²) < 4.78 is 2.12. The predicted molar refractivity (Wildman–Crippen MR) is 68.9 cm³/mol. The first-order valence-corrected chi connectivity index (χ1v) is 5.50. The Morgan fingerprint density at radius 2 is 2.06 bits per heavy atom. The van der Waals surface area contributed by atoms with Crippen molar-refractivity contribution in [2.45, 2.75) is 0 Å². The summed E-state index contributed by atoms with van der Waals surface area (Å²) in [5.74, 6) is 0.291. The molecular weight excluding hydrogens is 210 g/mol. The van der Waals surface area contributed by atoms with Crippen molar-refractivity contribution in [3.8, 4) is 17.0 Å². The molecule has 0 bridgehead atoms. The van der Waals surface area contributed by atoms with E-state index < -0.39 is 0 Å². The number of hydrogen-bond acceptors (Lipinski definition) is 1. The minimum Gasteiger partial charge on any atom is -0.508 e. The third-order valence-corrected chi connectivity index (χ3v) is 3.03. The van der Waals surface area contributed by atoms with Crippen molar-refractivity contribution in [1.29, 1.82) is 0 Å². The predicted octanol–water partition coefficient (Wildman–Crippen LogP) is 3.35. The zero-order valence-electron chi connectivity index (χ0n) is 9.51. The fraction of sp³-hybridized carbons (Fsp3) is 0.0667. The molecule has 83 valence electrons. The van der Waals surface area contributed by atoms with Crippen LogP contribution in [0.3, 0.4) is 0 Å². The Morgan fingerprint density at radius 3 is 2.82 bits per heavy atom. The number of nitrogens with zero attached hydrogens (tertiary/aromatic N) is 1. The molecule has 3 aromatic rings. The number of fused-ring (bicyclic) bond motifs is 1. The van der Waals surface area contributed by atoms with Crippen LogP contribution in [0, 0.1) is 6.07 Å². The minimum absolute atomic E-state index is 0.291. The number of aryl methyl sites for hydroxylation is 1. The van der Waals surface area contributed by atoms with Crippen LogP contribution >= 0.6 is 0 Å². The molecule has 1 aromatic heterocycles. The number of aromatic hydroxyl groups is 1. The fourth-order valence-electron chi connectivity index (χ4n) is 2.17. The second kappa shape index (κ2) is 3.67. The molecule has 1 N–H and O–H groups in total. The van der Waals surface area contributed by atoms with E-state index >= 15 is 0 Å². The molecule has 0 saturated heterocycles. The monoisotopic (exact) mass is 222 g/mol. The van der Waals surface area contributed by atoms with Crippen LogP contribution in [0.15, 0.2) is 48.5 Å². The Kier molecular flexibility index (Phi) is 2.15. The van der Waals surface area contributed by atoms with E-state index in [0.29, 0.717) is 5.75 Å². The fourth-order valence-corrected chi connectivity index (χ4v) is 2.17. The van der Waals surface area contributed by atoms with E-state index in [0.717, 1.165) is 16.6 Å². The topological polar surface area (TPSA) is 25.2 Å². The van der Waals surface area contributed by atoms with E-state index in [1.165, 1.54) is 5.52 Å². The Balaban J connectivity index is 2.27. The number of phenolic OH excluding ortho intramolecular Hbond substituents is 1. The smallest absolute Gasteiger partial charge is 0.116 e. The molecule has 0 spiro atoms. The molecule has 0 amide bonds. The average molecular weight is 222 g/mol. The Labute approximate surface area is 99.7 Å². The minimum atomic E-state index is 0.291. The van der Waals surface area contributed by atoms with Gasteiger partial charge in [-0.15, -0.1) is 0 Å². The number of aromatic nitrogens is 1. The van der Waals surface area contributed by atoms with Gasteiger partial charge in [0.25, 0.3) is 0 Å². The summed E-state index contributed by atoms with van der Waals surface area (Å²) in [6, 6.07) is 18.4. The normalized spacial score (nSPS) is 10.9. The lowest BCUT2D eigenvalue weighted by molar-refractivity contribution is 0.475. The van der Waals surface area contributed by atoms with Gasteiger partial charge < -0.3 is 9.67 Å². The van der Waals surface area contributed by atoms with Crippen molar-refractivity contribution in [1.82, 2.24) is 4.57 Å². The van der Waals surface area contributed by atoms with Gasteiger partial charge in [0.15, 0.2) is 0 Å². The third kappa shape index (κ3) is 1.58. The van der Waals surface area contributed by atoms with Gasteiger partial charge in [0.05, 0.1) is 0 Å². The molecule has 0 aliphatic carbocycles. The lowest BCUT2D eigenvalue weighted by Crippen LogP contribution is -1.90. The highest BCUT2D eigenvalue weighted by atomic mass is 16.3. The van der Waals surface area contributed by atoms with Gasteiger partial charge in [0, 0.05) is 29.2 Å². The van der Waals surface area contributed by atoms with Gasteiger partial charge in [-0.05, 0) is 36.4 Å². The van der Waals surface area contributed by atoms with Crippen molar-refractivity contribution in [3.63, 3.8) is 0 Å². The summed E-state index contributed by atoms with van der Waals surface area (Å²) in [5.41, 5.74) is 3.28. The Bertz CT molecular complexity index is 682. The number of benzene rings is 2. The van der Waals surface area contributed by atoms with Crippen LogP contribution < -0.4 is 0 Å². The molecule has 0 fully saturated rings. The van der Waals surface area contributed by atoms with Crippen LogP contribution in [-0.2, 0) is 7.05 Å². The summed E-state index contributed by atoms with van der Waals surface area (Å²) in [6.45, 7) is 0. The molecule has 0 saturated carbocycles. The second-order valence-corrected chi connectivity index (χ2v) is 4.12. The third-order valence-electron chi connectivity index (χ3n) is 3.03. The highest BCUT2D eigenvalue weighted by Gasteiger charge is 2.07. The van der Waals surface area contributed by atoms with E-state index in [2.05, 4.69) is 16.7 Å². The van der Waals surface area contributed by atoms with Crippen molar-refractivity contribution >= 4 is 10.9 Å². The van der Waals surface area contributed by atoms with Gasteiger partial charge in [-0.25, -0.2) is 0 Å². The summed E-state index contributed by atoms with van der Waals surface area (Å²) in [5, 5.41) is 10.7. The first kappa shape index (κ1) is 9.97. The van der Waals surface area contributed by atoms with E-state index in [4.69, 9.17) is 0 Å². The largest absolute Gasteiger partial charge is 0.508 e. The van der Waals surface area contributed by atoms with E-state index in [-0.39, 0.29) is 0 Å². The van der Waals surface area contributed by atoms with Gasteiger partial charge in [0.1, 0.15) is 5.75 Å². The van der Waals surface area contributed by atoms with Crippen LogP contribution in [-0.4, -0.2) is 9.67 Å². The molecule has 17 heavy (non-hydrogen) atoms. The highest BCUT2D eigenvalue weighted by molar-refractivity contribution is 5.86. The summed E-state index contributed by atoms with van der Waals surface area (Å²) in [7, 11) is 2.03. The van der Waals surface area contributed by atoms with Gasteiger partial charge in [-0.3, -0.25) is 0 Å². The quantitative estimate of drug-likeness (QED) is 0.671. The molecule has 0 aliphatic rings. The molecule has 0 aliphatic heterocycles. The summed E-state index contributed by atoms with van der Waals surface area (Å²) >= 11 is 0. The van der Waals surface area contributed by atoms with Gasteiger partial charge in [-0.2, -0.15) is 0 Å². The standard InChI is InChI=1S/C15H12NO/c1-16-14-8-3-2-5-12(14)10-15(16)11-6-4-7-13(17)9-11/h3-10,17H,1H3. The first-order chi connectivity index (χ1) is 8.25. The molecular formula is C15H12NO. The summed E-state index contributed by atoms with van der Waals surface area (Å²) in [4.78, 5) is 0. The molecule has 1 radical (unpaired) electrons. The molecule has 3 rings (SSSR count). The van der Waals surface area contributed by atoms with Crippen LogP contribution in [0.25, 0.3) is 22.2 Å². The molecule has 1 heterocycles. The maximum atomic E-state index is 9.52. The highest BCUT2D eigenvalue weighted by Crippen LogP contribution is 2.28. The van der Waals surface area contributed by atoms with Crippen molar-refractivity contribution in [3.05, 3.63) is 54.6 Å². The van der Waals surface area contributed by atoms with E-state index in [9.17, 15) is 5.11 Å². The van der Waals surface area contributed by atoms with Gasteiger partial charge in [-0.1, -0.05) is 18.2 Å². The Hall–Kier alpha value is -2.22. The maximum Gasteiger partial charge on any atom is 0.116 e. The van der Waals surface area contributed by atoms with Crippen LogP contribution in [0.4, 0.5) is 0 Å². The zero-order chi connectivity index (χ0) is 11.8. The van der Waals surface area contributed by atoms with Crippen LogP contribution in [0.1, 0.15) is 0 Å². The number of phenols is 1. The van der Waals surface area contributed by atoms with Crippen molar-refractivity contribution < 1.29 is 5.11 Å². The molecule has 0 atom stereocenters. The maximum absolute atomic E-state index is 9.52. The van der Waals surface area contributed by atoms with Crippen molar-refractivity contribution in [2.24, 2.45) is 7.05 Å². The van der Waals surface area contributed by atoms with Crippen LogP contribution in [0.5, 0.6) is 5.75 Å². The lowest BCUT2D eigenvalue weighted by atomic mass is 10.1. The van der Waals surface area contributed by atoms with Gasteiger partial charge in [0.2, 0.25) is 0 Å². The van der Waals surface area contributed by atoms with Gasteiger partial charge >= 0.3 is 0 Å².